The van der Waals surface area contributed by atoms with E-state index in [0.717, 1.165) is 6.04 Å². The lowest BCUT2D eigenvalue weighted by Gasteiger charge is -2.30. The quantitative estimate of drug-likeness (QED) is 0.708. The monoisotopic (exact) mass is 290 g/mol. The molecule has 1 aliphatic carbocycles. The SMILES string of the molecule is C[N+]1=CC2(c3ccc(-c4ccccc4)cc3)CCCC1CC2. The normalized spacial score (nSPS) is 27.3. The van der Waals surface area contributed by atoms with Gasteiger partial charge in [0.15, 0.2) is 6.04 Å². The second kappa shape index (κ2) is 5.39. The molecule has 0 N–H and O–H groups in total. The largest absolute Gasteiger partial charge is 0.239 e. The number of benzene rings is 2. The van der Waals surface area contributed by atoms with Gasteiger partial charge < -0.3 is 0 Å². The molecular weight excluding hydrogens is 266 g/mol. The Kier molecular flexibility index (Phi) is 3.37. The fourth-order valence-corrected chi connectivity index (χ4v) is 4.37. The van der Waals surface area contributed by atoms with Gasteiger partial charge in [0, 0.05) is 12.8 Å². The van der Waals surface area contributed by atoms with E-state index in [4.69, 9.17) is 0 Å². The third-order valence-corrected chi connectivity index (χ3v) is 5.68. The molecule has 2 unspecified atom stereocenters. The third-order valence-electron chi connectivity index (χ3n) is 5.68. The minimum atomic E-state index is 0.275. The molecule has 1 fully saturated rings. The second-order valence-electron chi connectivity index (χ2n) is 6.98. The standard InChI is InChI=1S/C21H24N/c1-22-16-21(14-5-8-20(22)13-15-21)19-11-9-18(10-12-19)17-6-3-2-4-7-17/h2-4,6-7,9-12,16,20H,5,8,13-15H2,1H3/q+1. The minimum absolute atomic E-state index is 0.275. The van der Waals surface area contributed by atoms with Gasteiger partial charge in [-0.25, -0.2) is 4.58 Å². The van der Waals surface area contributed by atoms with Crippen LogP contribution in [0.3, 0.4) is 0 Å². The molecule has 2 bridgehead atoms. The number of hydrogen-bond donors (Lipinski definition) is 0. The first kappa shape index (κ1) is 13.8. The van der Waals surface area contributed by atoms with Crippen molar-refractivity contribution >= 4 is 6.21 Å². The Bertz CT molecular complexity index is 680. The fourth-order valence-electron chi connectivity index (χ4n) is 4.37. The van der Waals surface area contributed by atoms with E-state index in [2.05, 4.69) is 72.4 Å². The van der Waals surface area contributed by atoms with E-state index in [0.29, 0.717) is 0 Å². The van der Waals surface area contributed by atoms with Crippen molar-refractivity contribution in [3.8, 4) is 11.1 Å². The zero-order chi connectivity index (χ0) is 15.0. The molecule has 0 amide bonds. The summed E-state index contributed by atoms with van der Waals surface area (Å²) in [5, 5.41) is 0. The van der Waals surface area contributed by atoms with Crippen LogP contribution >= 0.6 is 0 Å². The van der Waals surface area contributed by atoms with E-state index in [-0.39, 0.29) is 5.41 Å². The lowest BCUT2D eigenvalue weighted by molar-refractivity contribution is -0.541. The van der Waals surface area contributed by atoms with E-state index in [9.17, 15) is 0 Å². The molecule has 3 aliphatic rings. The predicted octanol–water partition coefficient (Wildman–Crippen LogP) is 4.65. The zero-order valence-electron chi connectivity index (χ0n) is 13.3. The van der Waals surface area contributed by atoms with Crippen LogP contribution in [0.2, 0.25) is 0 Å². The van der Waals surface area contributed by atoms with Crippen LogP contribution in [0.4, 0.5) is 0 Å². The maximum atomic E-state index is 2.52. The van der Waals surface area contributed by atoms with Gasteiger partial charge in [0.25, 0.3) is 0 Å². The lowest BCUT2D eigenvalue weighted by Crippen LogP contribution is -2.38. The average Bonchev–Trinajstić information content (AvgIpc) is 2.88. The first-order valence-electron chi connectivity index (χ1n) is 8.51. The zero-order valence-corrected chi connectivity index (χ0v) is 13.3. The van der Waals surface area contributed by atoms with Gasteiger partial charge in [0.2, 0.25) is 0 Å². The summed E-state index contributed by atoms with van der Waals surface area (Å²) in [4.78, 5) is 0. The molecule has 2 atom stereocenters. The summed E-state index contributed by atoms with van der Waals surface area (Å²) >= 11 is 0. The van der Waals surface area contributed by atoms with Crippen molar-refractivity contribution in [1.29, 1.82) is 0 Å². The third kappa shape index (κ3) is 2.29. The molecule has 2 heterocycles. The van der Waals surface area contributed by atoms with Gasteiger partial charge in [0.1, 0.15) is 13.3 Å². The summed E-state index contributed by atoms with van der Waals surface area (Å²) in [6.07, 6.45) is 9.19. The van der Waals surface area contributed by atoms with Crippen LogP contribution in [0, 0.1) is 0 Å². The highest BCUT2D eigenvalue weighted by Gasteiger charge is 2.42. The smallest absolute Gasteiger partial charge is 0.152 e. The molecule has 0 spiro atoms. The lowest BCUT2D eigenvalue weighted by atomic mass is 9.74. The Morgan fingerprint density at radius 1 is 0.864 bits per heavy atom. The van der Waals surface area contributed by atoms with Crippen molar-refractivity contribution in [2.75, 3.05) is 7.05 Å². The molecule has 0 aromatic heterocycles. The van der Waals surface area contributed by atoms with Crippen molar-refractivity contribution in [2.45, 2.75) is 43.6 Å². The maximum absolute atomic E-state index is 2.52. The number of fused-ring (bicyclic) bond motifs is 3. The predicted molar refractivity (Wildman–Crippen MR) is 92.7 cm³/mol. The van der Waals surface area contributed by atoms with Crippen molar-refractivity contribution in [3.63, 3.8) is 0 Å². The number of rotatable bonds is 2. The van der Waals surface area contributed by atoms with Crippen molar-refractivity contribution in [2.24, 2.45) is 0 Å². The Morgan fingerprint density at radius 3 is 2.32 bits per heavy atom. The molecule has 0 radical (unpaired) electrons. The maximum Gasteiger partial charge on any atom is 0.152 e. The summed E-state index contributed by atoms with van der Waals surface area (Å²) in [5.41, 5.74) is 4.39. The molecule has 2 aromatic carbocycles. The molecule has 112 valence electrons. The topological polar surface area (TPSA) is 3.01 Å². The Morgan fingerprint density at radius 2 is 1.59 bits per heavy atom. The molecule has 2 aromatic rings. The van der Waals surface area contributed by atoms with Crippen LogP contribution in [0.25, 0.3) is 11.1 Å². The fraction of sp³-hybridized carbons (Fsp3) is 0.381. The van der Waals surface area contributed by atoms with Crippen molar-refractivity contribution in [3.05, 3.63) is 60.2 Å². The van der Waals surface area contributed by atoms with Crippen LogP contribution < -0.4 is 0 Å². The number of nitrogens with zero attached hydrogens (tertiary/aromatic N) is 1. The van der Waals surface area contributed by atoms with E-state index in [1.807, 2.05) is 0 Å². The summed E-state index contributed by atoms with van der Waals surface area (Å²) in [7, 11) is 2.27. The highest BCUT2D eigenvalue weighted by atomic mass is 15.0. The molecule has 5 rings (SSSR count). The molecule has 1 saturated carbocycles. The van der Waals surface area contributed by atoms with Gasteiger partial charge in [-0.3, -0.25) is 0 Å². The van der Waals surface area contributed by atoms with E-state index < -0.39 is 0 Å². The van der Waals surface area contributed by atoms with Gasteiger partial charge >= 0.3 is 0 Å². The van der Waals surface area contributed by atoms with Crippen LogP contribution in [0.15, 0.2) is 54.6 Å². The summed E-state index contributed by atoms with van der Waals surface area (Å²) < 4.78 is 2.49. The first-order valence-corrected chi connectivity index (χ1v) is 8.51. The van der Waals surface area contributed by atoms with Crippen LogP contribution in [0.1, 0.15) is 37.7 Å². The van der Waals surface area contributed by atoms with Gasteiger partial charge in [-0.2, -0.15) is 0 Å². The highest BCUT2D eigenvalue weighted by molar-refractivity contribution is 5.72. The molecular formula is C21H24N+. The van der Waals surface area contributed by atoms with Crippen molar-refractivity contribution in [1.82, 2.24) is 0 Å². The minimum Gasteiger partial charge on any atom is -0.239 e. The second-order valence-corrected chi connectivity index (χ2v) is 6.98. The molecule has 1 heteroatoms. The molecule has 22 heavy (non-hydrogen) atoms. The summed E-state index contributed by atoms with van der Waals surface area (Å²) in [6.45, 7) is 0. The van der Waals surface area contributed by atoms with Crippen LogP contribution in [-0.4, -0.2) is 23.9 Å². The van der Waals surface area contributed by atoms with Crippen LogP contribution in [0.5, 0.6) is 0 Å². The summed E-state index contributed by atoms with van der Waals surface area (Å²) in [5.74, 6) is 0. The molecule has 1 nitrogen and oxygen atoms in total. The number of hydrogen-bond acceptors (Lipinski definition) is 0. The summed E-state index contributed by atoms with van der Waals surface area (Å²) in [6, 6.07) is 20.7. The van der Waals surface area contributed by atoms with Crippen molar-refractivity contribution < 1.29 is 4.58 Å². The Labute approximate surface area is 133 Å². The van der Waals surface area contributed by atoms with E-state index in [1.54, 1.807) is 0 Å². The van der Waals surface area contributed by atoms with Gasteiger partial charge in [-0.15, -0.1) is 0 Å². The molecule has 2 aliphatic heterocycles. The van der Waals surface area contributed by atoms with Crippen LogP contribution in [-0.2, 0) is 5.41 Å². The Balaban J connectivity index is 1.70. The Hall–Kier alpha value is -1.89. The van der Waals surface area contributed by atoms with Gasteiger partial charge in [-0.1, -0.05) is 54.6 Å². The van der Waals surface area contributed by atoms with Gasteiger partial charge in [0.05, 0.1) is 5.41 Å². The molecule has 0 saturated heterocycles. The first-order chi connectivity index (χ1) is 10.8. The average molecular weight is 290 g/mol. The van der Waals surface area contributed by atoms with E-state index in [1.165, 1.54) is 48.8 Å². The highest BCUT2D eigenvalue weighted by Crippen LogP contribution is 2.41. The van der Waals surface area contributed by atoms with E-state index >= 15 is 0 Å². The van der Waals surface area contributed by atoms with Gasteiger partial charge in [-0.05, 0) is 36.0 Å².